The first-order chi connectivity index (χ1) is 10.5. The summed E-state index contributed by atoms with van der Waals surface area (Å²) in [5.74, 6) is 0.832. The molecule has 1 amide bonds. The van der Waals surface area contributed by atoms with Crippen LogP contribution < -0.4 is 5.32 Å². The number of likely N-dealkylation sites (tertiary alicyclic amines) is 1. The molecule has 0 unspecified atom stereocenters. The fourth-order valence-electron chi connectivity index (χ4n) is 2.69. The molecular weight excluding hydrogens is 278 g/mol. The summed E-state index contributed by atoms with van der Waals surface area (Å²) >= 11 is 0. The number of pyridine rings is 1. The summed E-state index contributed by atoms with van der Waals surface area (Å²) in [4.78, 5) is 30.9. The quantitative estimate of drug-likeness (QED) is 0.849. The molecule has 1 aliphatic heterocycles. The lowest BCUT2D eigenvalue weighted by molar-refractivity contribution is -0.116. The van der Waals surface area contributed by atoms with Crippen molar-refractivity contribution in [3.8, 4) is 0 Å². The fourth-order valence-corrected chi connectivity index (χ4v) is 2.69. The van der Waals surface area contributed by atoms with Gasteiger partial charge in [-0.1, -0.05) is 19.9 Å². The van der Waals surface area contributed by atoms with Gasteiger partial charge in [0.25, 0.3) is 0 Å². The van der Waals surface area contributed by atoms with E-state index in [4.69, 9.17) is 0 Å². The maximum Gasteiger partial charge on any atom is 0.225 e. The number of amides is 1. The molecular formula is C17H25N3O2. The molecule has 0 saturated carbocycles. The van der Waals surface area contributed by atoms with Crippen molar-refractivity contribution < 1.29 is 9.59 Å². The van der Waals surface area contributed by atoms with Gasteiger partial charge in [-0.2, -0.15) is 0 Å². The number of ketones is 1. The van der Waals surface area contributed by atoms with Crippen LogP contribution in [0, 0.1) is 11.8 Å². The van der Waals surface area contributed by atoms with Crippen molar-refractivity contribution in [2.24, 2.45) is 11.8 Å². The average molecular weight is 303 g/mol. The summed E-state index contributed by atoms with van der Waals surface area (Å²) in [7, 11) is 2.07. The highest BCUT2D eigenvalue weighted by atomic mass is 16.1. The zero-order chi connectivity index (χ0) is 16.1. The van der Waals surface area contributed by atoms with E-state index in [0.717, 1.165) is 25.9 Å². The molecule has 0 aliphatic carbocycles. The number of piperidine rings is 1. The highest BCUT2D eigenvalue weighted by molar-refractivity contribution is 5.97. The molecule has 2 rings (SSSR count). The number of carbonyl (C=O) groups is 2. The first kappa shape index (κ1) is 16.6. The van der Waals surface area contributed by atoms with E-state index in [9.17, 15) is 9.59 Å². The molecule has 0 atom stereocenters. The van der Waals surface area contributed by atoms with Gasteiger partial charge in [-0.05, 0) is 51.0 Å². The molecule has 120 valence electrons. The van der Waals surface area contributed by atoms with Gasteiger partial charge in [0.05, 0.1) is 0 Å². The minimum atomic E-state index is -0.0635. The standard InChI is InChI=1S/C17H25N3O2/c1-12(2)11-16(21)19-15-6-4-5-14(18-15)17(22)13-7-9-20(3)10-8-13/h4-6,12-13H,7-11H2,1-3H3,(H,18,19,21). The summed E-state index contributed by atoms with van der Waals surface area (Å²) in [6, 6.07) is 5.24. The first-order valence-electron chi connectivity index (χ1n) is 7.95. The summed E-state index contributed by atoms with van der Waals surface area (Å²) in [6.45, 7) is 5.88. The number of anilines is 1. The van der Waals surface area contributed by atoms with E-state index in [2.05, 4.69) is 22.2 Å². The number of carbonyl (C=O) groups excluding carboxylic acids is 2. The van der Waals surface area contributed by atoms with Gasteiger partial charge in [-0.3, -0.25) is 9.59 Å². The molecule has 1 aromatic rings. The Morgan fingerprint density at radius 2 is 2.00 bits per heavy atom. The summed E-state index contributed by atoms with van der Waals surface area (Å²) in [5.41, 5.74) is 0.455. The molecule has 1 fully saturated rings. The second-order valence-corrected chi connectivity index (χ2v) is 6.50. The Hall–Kier alpha value is -1.75. The third-order valence-electron chi connectivity index (χ3n) is 3.95. The Balaban J connectivity index is 2.01. The van der Waals surface area contributed by atoms with Crippen LogP contribution in [0.2, 0.25) is 0 Å². The van der Waals surface area contributed by atoms with Gasteiger partial charge in [0.2, 0.25) is 5.91 Å². The lowest BCUT2D eigenvalue weighted by Crippen LogP contribution is -2.33. The number of nitrogens with one attached hydrogen (secondary N) is 1. The van der Waals surface area contributed by atoms with Crippen LogP contribution in [0.25, 0.3) is 0 Å². The van der Waals surface area contributed by atoms with Crippen LogP contribution >= 0.6 is 0 Å². The predicted octanol–water partition coefficient (Wildman–Crippen LogP) is 2.59. The Labute approximate surface area is 132 Å². The zero-order valence-electron chi connectivity index (χ0n) is 13.6. The van der Waals surface area contributed by atoms with Gasteiger partial charge in [0, 0.05) is 12.3 Å². The SMILES string of the molecule is CC(C)CC(=O)Nc1cccc(C(=O)C2CCN(C)CC2)n1. The highest BCUT2D eigenvalue weighted by Gasteiger charge is 2.25. The number of hydrogen-bond donors (Lipinski definition) is 1. The van der Waals surface area contributed by atoms with Crippen molar-refractivity contribution in [2.45, 2.75) is 33.1 Å². The van der Waals surface area contributed by atoms with Crippen LogP contribution in [0.3, 0.4) is 0 Å². The van der Waals surface area contributed by atoms with Gasteiger partial charge in [0.15, 0.2) is 5.78 Å². The van der Waals surface area contributed by atoms with Crippen molar-refractivity contribution in [3.63, 3.8) is 0 Å². The molecule has 5 nitrogen and oxygen atoms in total. The Bertz CT molecular complexity index is 534. The summed E-state index contributed by atoms with van der Waals surface area (Å²) < 4.78 is 0. The van der Waals surface area contributed by atoms with Crippen molar-refractivity contribution in [1.82, 2.24) is 9.88 Å². The molecule has 1 aromatic heterocycles. The molecule has 0 bridgehead atoms. The average Bonchev–Trinajstić information content (AvgIpc) is 2.46. The van der Waals surface area contributed by atoms with E-state index in [1.165, 1.54) is 0 Å². The lowest BCUT2D eigenvalue weighted by Gasteiger charge is -2.27. The number of hydrogen-bond acceptors (Lipinski definition) is 4. The Kier molecular flexibility index (Phi) is 5.66. The largest absolute Gasteiger partial charge is 0.311 e. The molecule has 1 saturated heterocycles. The summed E-state index contributed by atoms with van der Waals surface area (Å²) in [6.07, 6.45) is 2.21. The second-order valence-electron chi connectivity index (χ2n) is 6.50. The monoisotopic (exact) mass is 303 g/mol. The van der Waals surface area contributed by atoms with Crippen molar-refractivity contribution in [3.05, 3.63) is 23.9 Å². The molecule has 0 radical (unpaired) electrons. The fraction of sp³-hybridized carbons (Fsp3) is 0.588. The second kappa shape index (κ2) is 7.49. The van der Waals surface area contributed by atoms with Gasteiger partial charge in [0.1, 0.15) is 11.5 Å². The van der Waals surface area contributed by atoms with Crippen LogP contribution in [-0.4, -0.2) is 41.7 Å². The van der Waals surface area contributed by atoms with Gasteiger partial charge in [-0.15, -0.1) is 0 Å². The number of aromatic nitrogens is 1. The third kappa shape index (κ3) is 4.63. The minimum absolute atomic E-state index is 0.0466. The minimum Gasteiger partial charge on any atom is -0.311 e. The smallest absolute Gasteiger partial charge is 0.225 e. The summed E-state index contributed by atoms with van der Waals surface area (Å²) in [5, 5.41) is 2.77. The van der Waals surface area contributed by atoms with E-state index in [0.29, 0.717) is 23.9 Å². The van der Waals surface area contributed by atoms with E-state index >= 15 is 0 Å². The zero-order valence-corrected chi connectivity index (χ0v) is 13.6. The van der Waals surface area contributed by atoms with Crippen molar-refractivity contribution in [1.29, 1.82) is 0 Å². The van der Waals surface area contributed by atoms with Crippen LogP contribution in [0.1, 0.15) is 43.6 Å². The molecule has 5 heteroatoms. The molecule has 0 aromatic carbocycles. The number of rotatable bonds is 5. The van der Waals surface area contributed by atoms with E-state index in [1.807, 2.05) is 13.8 Å². The van der Waals surface area contributed by atoms with Crippen LogP contribution in [-0.2, 0) is 4.79 Å². The highest BCUT2D eigenvalue weighted by Crippen LogP contribution is 2.21. The topological polar surface area (TPSA) is 62.3 Å². The van der Waals surface area contributed by atoms with Crippen LogP contribution in [0.4, 0.5) is 5.82 Å². The van der Waals surface area contributed by atoms with Crippen LogP contribution in [0.5, 0.6) is 0 Å². The normalized spacial score (nSPS) is 16.7. The molecule has 22 heavy (non-hydrogen) atoms. The van der Waals surface area contributed by atoms with Crippen LogP contribution in [0.15, 0.2) is 18.2 Å². The van der Waals surface area contributed by atoms with E-state index in [-0.39, 0.29) is 17.6 Å². The third-order valence-corrected chi connectivity index (χ3v) is 3.95. The maximum absolute atomic E-state index is 12.5. The van der Waals surface area contributed by atoms with E-state index < -0.39 is 0 Å². The number of nitrogens with zero attached hydrogens (tertiary/aromatic N) is 2. The molecule has 1 aliphatic rings. The Morgan fingerprint density at radius 3 is 2.64 bits per heavy atom. The van der Waals surface area contributed by atoms with Crippen molar-refractivity contribution in [2.75, 3.05) is 25.5 Å². The van der Waals surface area contributed by atoms with Gasteiger partial charge < -0.3 is 10.2 Å². The lowest BCUT2D eigenvalue weighted by atomic mass is 9.91. The van der Waals surface area contributed by atoms with Gasteiger partial charge >= 0.3 is 0 Å². The molecule has 2 heterocycles. The Morgan fingerprint density at radius 1 is 1.32 bits per heavy atom. The molecule has 0 spiro atoms. The van der Waals surface area contributed by atoms with E-state index in [1.54, 1.807) is 18.2 Å². The predicted molar refractivity (Wildman–Crippen MR) is 86.9 cm³/mol. The number of Topliss-reactive ketones (excluding diaryl/α,β-unsaturated/α-hetero) is 1. The molecule has 1 N–H and O–H groups in total. The van der Waals surface area contributed by atoms with Gasteiger partial charge in [-0.25, -0.2) is 4.98 Å². The first-order valence-corrected chi connectivity index (χ1v) is 7.95. The van der Waals surface area contributed by atoms with Crippen molar-refractivity contribution >= 4 is 17.5 Å². The maximum atomic E-state index is 12.5.